The Morgan fingerprint density at radius 1 is 1.03 bits per heavy atom. The van der Waals surface area contributed by atoms with Crippen molar-refractivity contribution in [2.24, 2.45) is 0 Å². The number of hydrogen-bond donors (Lipinski definition) is 1. The van der Waals surface area contributed by atoms with Gasteiger partial charge in [-0.1, -0.05) is 60.7 Å². The Morgan fingerprint density at radius 2 is 1.73 bits per heavy atom. The first-order valence-electron chi connectivity index (χ1n) is 11.2. The van der Waals surface area contributed by atoms with Gasteiger partial charge in [0.1, 0.15) is 0 Å². The minimum Gasteiger partial charge on any atom is -0.353 e. The lowest BCUT2D eigenvalue weighted by Gasteiger charge is -2.17. The number of carbonyl (C=O) groups is 1. The standard InChI is InChI=1S/C27H25N3O3/c31-27(28-21-11-12-21)16-23(20-9-5-2-6-10-20)25-18-29(17-19-7-3-1-4-8-19)26-14-13-22(30(32)33)15-24(25)26/h1-10,13-15,18,21,23H,11-12,16-17H2,(H,28,31). The minimum atomic E-state index is -0.366. The molecule has 0 spiro atoms. The molecule has 166 valence electrons. The van der Waals surface area contributed by atoms with Crippen LogP contribution in [0.15, 0.2) is 85.1 Å². The second-order valence-corrected chi connectivity index (χ2v) is 8.67. The summed E-state index contributed by atoms with van der Waals surface area (Å²) in [6, 6.07) is 25.3. The van der Waals surface area contributed by atoms with Gasteiger partial charge in [0.05, 0.1) is 4.92 Å². The Balaban J connectivity index is 1.62. The molecule has 1 aliphatic carbocycles. The predicted molar refractivity (Wildman–Crippen MR) is 128 cm³/mol. The largest absolute Gasteiger partial charge is 0.353 e. The summed E-state index contributed by atoms with van der Waals surface area (Å²) in [6.07, 6.45) is 4.42. The summed E-state index contributed by atoms with van der Waals surface area (Å²) >= 11 is 0. The zero-order chi connectivity index (χ0) is 22.8. The second-order valence-electron chi connectivity index (χ2n) is 8.67. The van der Waals surface area contributed by atoms with Crippen molar-refractivity contribution in [2.45, 2.75) is 37.8 Å². The van der Waals surface area contributed by atoms with Crippen LogP contribution in [0.2, 0.25) is 0 Å². The number of nitrogens with zero attached hydrogens (tertiary/aromatic N) is 2. The zero-order valence-electron chi connectivity index (χ0n) is 18.2. The average Bonchev–Trinajstić information content (AvgIpc) is 3.58. The molecule has 0 aliphatic heterocycles. The molecule has 1 saturated carbocycles. The molecule has 1 aliphatic rings. The van der Waals surface area contributed by atoms with E-state index >= 15 is 0 Å². The van der Waals surface area contributed by atoms with E-state index in [1.807, 2.05) is 54.6 Å². The van der Waals surface area contributed by atoms with E-state index in [2.05, 4.69) is 28.2 Å². The molecule has 1 fully saturated rings. The Bertz CT molecular complexity index is 1290. The molecular formula is C27H25N3O3. The van der Waals surface area contributed by atoms with Crippen LogP contribution in [-0.2, 0) is 11.3 Å². The van der Waals surface area contributed by atoms with Crippen molar-refractivity contribution in [2.75, 3.05) is 0 Å². The number of rotatable bonds is 8. The Morgan fingerprint density at radius 3 is 2.39 bits per heavy atom. The van der Waals surface area contributed by atoms with E-state index < -0.39 is 0 Å². The fourth-order valence-corrected chi connectivity index (χ4v) is 4.41. The minimum absolute atomic E-state index is 0.0146. The molecule has 33 heavy (non-hydrogen) atoms. The number of fused-ring (bicyclic) bond motifs is 1. The van der Waals surface area contributed by atoms with Crippen molar-refractivity contribution >= 4 is 22.5 Å². The van der Waals surface area contributed by atoms with Crippen LogP contribution in [0.4, 0.5) is 5.69 Å². The maximum atomic E-state index is 12.8. The number of amides is 1. The van der Waals surface area contributed by atoms with Crippen molar-refractivity contribution < 1.29 is 9.72 Å². The van der Waals surface area contributed by atoms with Gasteiger partial charge in [0.25, 0.3) is 5.69 Å². The molecule has 0 bridgehead atoms. The number of nitro groups is 1. The molecule has 0 radical (unpaired) electrons. The molecule has 1 heterocycles. The van der Waals surface area contributed by atoms with Crippen LogP contribution in [0.5, 0.6) is 0 Å². The Labute approximate surface area is 192 Å². The van der Waals surface area contributed by atoms with Crippen molar-refractivity contribution in [3.05, 3.63) is 112 Å². The van der Waals surface area contributed by atoms with E-state index in [4.69, 9.17) is 0 Å². The quantitative estimate of drug-likeness (QED) is 0.295. The van der Waals surface area contributed by atoms with Gasteiger partial charge in [0.2, 0.25) is 5.91 Å². The third-order valence-electron chi connectivity index (χ3n) is 6.21. The topological polar surface area (TPSA) is 77.2 Å². The smallest absolute Gasteiger partial charge is 0.270 e. The lowest BCUT2D eigenvalue weighted by molar-refractivity contribution is -0.384. The lowest BCUT2D eigenvalue weighted by Crippen LogP contribution is -2.27. The first-order valence-corrected chi connectivity index (χ1v) is 11.2. The highest BCUT2D eigenvalue weighted by Crippen LogP contribution is 2.37. The highest BCUT2D eigenvalue weighted by atomic mass is 16.6. The van der Waals surface area contributed by atoms with Crippen LogP contribution >= 0.6 is 0 Å². The molecule has 1 atom stereocenters. The van der Waals surface area contributed by atoms with Gasteiger partial charge in [-0.2, -0.15) is 0 Å². The molecule has 1 unspecified atom stereocenters. The van der Waals surface area contributed by atoms with Crippen molar-refractivity contribution in [3.63, 3.8) is 0 Å². The third-order valence-corrected chi connectivity index (χ3v) is 6.21. The summed E-state index contributed by atoms with van der Waals surface area (Å²) in [6.45, 7) is 0.644. The number of nitro benzene ring substituents is 1. The number of hydrogen-bond acceptors (Lipinski definition) is 3. The number of aromatic nitrogens is 1. The van der Waals surface area contributed by atoms with Crippen LogP contribution in [0.3, 0.4) is 0 Å². The van der Waals surface area contributed by atoms with Crippen LogP contribution in [0.25, 0.3) is 10.9 Å². The van der Waals surface area contributed by atoms with Gasteiger partial charge in [-0.3, -0.25) is 14.9 Å². The number of carbonyl (C=O) groups excluding carboxylic acids is 1. The molecule has 4 aromatic rings. The number of non-ortho nitro benzene ring substituents is 1. The van der Waals surface area contributed by atoms with Crippen LogP contribution < -0.4 is 5.32 Å². The normalized spacial score (nSPS) is 14.2. The first-order chi connectivity index (χ1) is 16.1. The summed E-state index contributed by atoms with van der Waals surface area (Å²) in [4.78, 5) is 24.0. The lowest BCUT2D eigenvalue weighted by atomic mass is 9.88. The molecular weight excluding hydrogens is 414 g/mol. The molecule has 6 heteroatoms. The van der Waals surface area contributed by atoms with Crippen molar-refractivity contribution in [1.82, 2.24) is 9.88 Å². The molecule has 5 rings (SSSR count). The van der Waals surface area contributed by atoms with Crippen LogP contribution in [0.1, 0.15) is 41.9 Å². The van der Waals surface area contributed by atoms with E-state index in [9.17, 15) is 14.9 Å². The molecule has 1 aromatic heterocycles. The molecule has 3 aromatic carbocycles. The van der Waals surface area contributed by atoms with E-state index in [-0.39, 0.29) is 28.5 Å². The van der Waals surface area contributed by atoms with E-state index in [1.54, 1.807) is 12.1 Å². The maximum Gasteiger partial charge on any atom is 0.270 e. The monoisotopic (exact) mass is 439 g/mol. The SMILES string of the molecule is O=C(CC(c1ccccc1)c1cn(Cc2ccccc2)c2ccc([N+](=O)[O-])cc12)NC1CC1. The van der Waals surface area contributed by atoms with Crippen LogP contribution in [-0.4, -0.2) is 21.4 Å². The molecule has 0 saturated heterocycles. The molecule has 1 amide bonds. The first kappa shape index (κ1) is 20.9. The van der Waals surface area contributed by atoms with E-state index in [1.165, 1.54) is 0 Å². The summed E-state index contributed by atoms with van der Waals surface area (Å²) < 4.78 is 2.12. The van der Waals surface area contributed by atoms with Crippen molar-refractivity contribution in [1.29, 1.82) is 0 Å². The third kappa shape index (κ3) is 4.65. The van der Waals surface area contributed by atoms with Gasteiger partial charge >= 0.3 is 0 Å². The van der Waals surface area contributed by atoms with Gasteiger partial charge < -0.3 is 9.88 Å². The number of benzene rings is 3. The van der Waals surface area contributed by atoms with Gasteiger partial charge in [0, 0.05) is 54.2 Å². The second kappa shape index (κ2) is 8.90. The van der Waals surface area contributed by atoms with Gasteiger partial charge in [-0.25, -0.2) is 0 Å². The molecule has 1 N–H and O–H groups in total. The van der Waals surface area contributed by atoms with Crippen LogP contribution in [0, 0.1) is 10.1 Å². The molecule has 6 nitrogen and oxygen atoms in total. The van der Waals surface area contributed by atoms with Crippen molar-refractivity contribution in [3.8, 4) is 0 Å². The zero-order valence-corrected chi connectivity index (χ0v) is 18.2. The number of nitrogens with one attached hydrogen (secondary N) is 1. The fraction of sp³-hybridized carbons (Fsp3) is 0.222. The summed E-state index contributed by atoms with van der Waals surface area (Å²) in [5.41, 5.74) is 4.07. The summed E-state index contributed by atoms with van der Waals surface area (Å²) in [5.74, 6) is -0.188. The Hall–Kier alpha value is -3.93. The van der Waals surface area contributed by atoms with E-state index in [0.717, 1.165) is 40.4 Å². The predicted octanol–water partition coefficient (Wildman–Crippen LogP) is 5.40. The van der Waals surface area contributed by atoms with Gasteiger partial charge in [-0.15, -0.1) is 0 Å². The summed E-state index contributed by atoms with van der Waals surface area (Å²) in [5, 5.41) is 15.4. The highest BCUT2D eigenvalue weighted by Gasteiger charge is 2.28. The van der Waals surface area contributed by atoms with E-state index in [0.29, 0.717) is 13.0 Å². The maximum absolute atomic E-state index is 12.8. The highest BCUT2D eigenvalue weighted by molar-refractivity contribution is 5.88. The Kier molecular flexibility index (Phi) is 5.65. The summed E-state index contributed by atoms with van der Waals surface area (Å²) in [7, 11) is 0. The fourth-order valence-electron chi connectivity index (χ4n) is 4.41. The van der Waals surface area contributed by atoms with Gasteiger partial charge in [0.15, 0.2) is 0 Å². The average molecular weight is 440 g/mol. The van der Waals surface area contributed by atoms with Gasteiger partial charge in [-0.05, 0) is 35.6 Å².